The van der Waals surface area contributed by atoms with Gasteiger partial charge in [0, 0.05) is 29.6 Å². The van der Waals surface area contributed by atoms with E-state index in [9.17, 15) is 18.0 Å². The molecule has 1 aliphatic rings. The van der Waals surface area contributed by atoms with E-state index in [-0.39, 0.29) is 28.3 Å². The van der Waals surface area contributed by atoms with Crippen LogP contribution in [0.15, 0.2) is 59.5 Å². The van der Waals surface area contributed by atoms with E-state index in [4.69, 9.17) is 11.6 Å². The highest BCUT2D eigenvalue weighted by Gasteiger charge is 2.34. The van der Waals surface area contributed by atoms with Gasteiger partial charge in [-0.05, 0) is 36.4 Å². The van der Waals surface area contributed by atoms with Crippen molar-refractivity contribution in [2.24, 2.45) is 0 Å². The molecule has 160 valence electrons. The van der Waals surface area contributed by atoms with Crippen LogP contribution in [-0.4, -0.2) is 42.7 Å². The standard InChI is InChI=1S/C20H17ClN4O4S2/c21-14-6-8-15(9-7-14)25-11-13(10-18(25)27)19-23-24-20(30-19)22-17(26)12-31(28,29)16-4-2-1-3-5-16/h1-9,13H,10-12H2,(H,22,24,26). The minimum absolute atomic E-state index is 0.0398. The quantitative estimate of drug-likeness (QED) is 0.585. The Kier molecular flexibility index (Phi) is 6.03. The lowest BCUT2D eigenvalue weighted by Crippen LogP contribution is -2.24. The van der Waals surface area contributed by atoms with Crippen molar-refractivity contribution in [1.29, 1.82) is 0 Å². The Balaban J connectivity index is 1.40. The second-order valence-corrected chi connectivity index (χ2v) is 10.4. The number of nitrogens with one attached hydrogen (secondary N) is 1. The zero-order chi connectivity index (χ0) is 22.0. The van der Waals surface area contributed by atoms with Gasteiger partial charge in [0.05, 0.1) is 4.90 Å². The number of nitrogens with zero attached hydrogens (tertiary/aromatic N) is 3. The van der Waals surface area contributed by atoms with Gasteiger partial charge in [-0.1, -0.05) is 41.1 Å². The predicted octanol–water partition coefficient (Wildman–Crippen LogP) is 3.12. The molecule has 2 heterocycles. The summed E-state index contributed by atoms with van der Waals surface area (Å²) in [5.41, 5.74) is 0.751. The fourth-order valence-electron chi connectivity index (χ4n) is 3.23. The third-order valence-corrected chi connectivity index (χ3v) is 7.61. The van der Waals surface area contributed by atoms with Gasteiger partial charge in [0.1, 0.15) is 10.8 Å². The minimum atomic E-state index is -3.75. The molecule has 1 aromatic heterocycles. The van der Waals surface area contributed by atoms with Gasteiger partial charge in [0.2, 0.25) is 16.9 Å². The van der Waals surface area contributed by atoms with Gasteiger partial charge in [0.15, 0.2) is 9.84 Å². The van der Waals surface area contributed by atoms with Crippen LogP contribution < -0.4 is 10.2 Å². The van der Waals surface area contributed by atoms with Gasteiger partial charge in [-0.3, -0.25) is 14.9 Å². The molecule has 1 saturated heterocycles. The normalized spacial score (nSPS) is 16.5. The number of anilines is 2. The van der Waals surface area contributed by atoms with Gasteiger partial charge in [-0.15, -0.1) is 10.2 Å². The maximum Gasteiger partial charge on any atom is 0.241 e. The minimum Gasteiger partial charge on any atom is -0.312 e. The van der Waals surface area contributed by atoms with Gasteiger partial charge in [0.25, 0.3) is 0 Å². The van der Waals surface area contributed by atoms with Gasteiger partial charge in [-0.25, -0.2) is 8.42 Å². The number of hydrogen-bond acceptors (Lipinski definition) is 7. The Bertz CT molecular complexity index is 1210. The molecule has 1 fully saturated rings. The molecule has 3 aromatic rings. The molecule has 0 aliphatic carbocycles. The maximum atomic E-state index is 12.4. The first-order valence-corrected chi connectivity index (χ1v) is 12.1. The second-order valence-electron chi connectivity index (χ2n) is 6.95. The van der Waals surface area contributed by atoms with Crippen LogP contribution in [0.5, 0.6) is 0 Å². The lowest BCUT2D eigenvalue weighted by atomic mass is 10.1. The van der Waals surface area contributed by atoms with E-state index < -0.39 is 21.5 Å². The van der Waals surface area contributed by atoms with Crippen LogP contribution >= 0.6 is 22.9 Å². The topological polar surface area (TPSA) is 109 Å². The molecule has 1 unspecified atom stereocenters. The molecule has 0 bridgehead atoms. The monoisotopic (exact) mass is 476 g/mol. The summed E-state index contributed by atoms with van der Waals surface area (Å²) >= 11 is 7.04. The van der Waals surface area contributed by atoms with Crippen molar-refractivity contribution >= 4 is 55.4 Å². The van der Waals surface area contributed by atoms with Crippen molar-refractivity contribution in [3.8, 4) is 0 Å². The highest BCUT2D eigenvalue weighted by molar-refractivity contribution is 7.92. The molecule has 0 saturated carbocycles. The zero-order valence-electron chi connectivity index (χ0n) is 16.1. The molecule has 1 atom stereocenters. The predicted molar refractivity (Wildman–Crippen MR) is 118 cm³/mol. The first-order valence-electron chi connectivity index (χ1n) is 9.29. The summed E-state index contributed by atoms with van der Waals surface area (Å²) < 4.78 is 24.7. The number of halogens is 1. The summed E-state index contributed by atoms with van der Waals surface area (Å²) in [6.45, 7) is 0.436. The van der Waals surface area contributed by atoms with E-state index in [1.165, 1.54) is 12.1 Å². The van der Waals surface area contributed by atoms with Gasteiger partial charge < -0.3 is 4.90 Å². The van der Waals surface area contributed by atoms with E-state index in [1.807, 2.05) is 0 Å². The number of carbonyl (C=O) groups excluding carboxylic acids is 2. The molecule has 2 amide bonds. The van der Waals surface area contributed by atoms with Crippen molar-refractivity contribution in [2.45, 2.75) is 17.2 Å². The second kappa shape index (κ2) is 8.74. The molecule has 1 N–H and O–H groups in total. The molecular weight excluding hydrogens is 460 g/mol. The first-order chi connectivity index (χ1) is 14.8. The first kappa shape index (κ1) is 21.4. The SMILES string of the molecule is O=C(CS(=O)(=O)c1ccccc1)Nc1nnc(C2CC(=O)N(c3ccc(Cl)cc3)C2)s1. The summed E-state index contributed by atoms with van der Waals surface area (Å²) in [7, 11) is -3.75. The number of hydrogen-bond donors (Lipinski definition) is 1. The fourth-order valence-corrected chi connectivity index (χ4v) is 5.37. The third-order valence-electron chi connectivity index (χ3n) is 4.72. The Hall–Kier alpha value is -2.82. The number of rotatable bonds is 6. The zero-order valence-corrected chi connectivity index (χ0v) is 18.5. The lowest BCUT2D eigenvalue weighted by Gasteiger charge is -2.16. The molecule has 1 aliphatic heterocycles. The maximum absolute atomic E-state index is 12.4. The van der Waals surface area contributed by atoms with Gasteiger partial charge >= 0.3 is 0 Å². The number of amides is 2. The lowest BCUT2D eigenvalue weighted by molar-refractivity contribution is -0.117. The van der Waals surface area contributed by atoms with E-state index in [0.717, 1.165) is 17.0 Å². The summed E-state index contributed by atoms with van der Waals surface area (Å²) in [6.07, 6.45) is 0.271. The highest BCUT2D eigenvalue weighted by Crippen LogP contribution is 2.34. The summed E-state index contributed by atoms with van der Waals surface area (Å²) in [4.78, 5) is 26.4. The van der Waals surface area contributed by atoms with E-state index >= 15 is 0 Å². The molecule has 31 heavy (non-hydrogen) atoms. The molecular formula is C20H17ClN4O4S2. The molecule has 11 heteroatoms. The number of aromatic nitrogens is 2. The Morgan fingerprint density at radius 1 is 1.13 bits per heavy atom. The number of benzene rings is 2. The molecule has 8 nitrogen and oxygen atoms in total. The molecule has 4 rings (SSSR count). The van der Waals surface area contributed by atoms with Crippen LogP contribution in [0.2, 0.25) is 5.02 Å². The van der Waals surface area contributed by atoms with Crippen molar-refractivity contribution in [1.82, 2.24) is 10.2 Å². The van der Waals surface area contributed by atoms with Crippen molar-refractivity contribution < 1.29 is 18.0 Å². The van der Waals surface area contributed by atoms with Crippen molar-refractivity contribution in [2.75, 3.05) is 22.5 Å². The Morgan fingerprint density at radius 2 is 1.84 bits per heavy atom. The summed E-state index contributed by atoms with van der Waals surface area (Å²) in [5.74, 6) is -1.60. The van der Waals surface area contributed by atoms with E-state index in [1.54, 1.807) is 47.4 Å². The third kappa shape index (κ3) is 4.92. The Labute approximate surface area is 187 Å². The van der Waals surface area contributed by atoms with Crippen LogP contribution in [0.4, 0.5) is 10.8 Å². The van der Waals surface area contributed by atoms with Crippen LogP contribution in [-0.2, 0) is 19.4 Å². The Morgan fingerprint density at radius 3 is 2.55 bits per heavy atom. The van der Waals surface area contributed by atoms with E-state index in [2.05, 4.69) is 15.5 Å². The molecule has 2 aromatic carbocycles. The van der Waals surface area contributed by atoms with Crippen molar-refractivity contribution in [3.05, 3.63) is 64.6 Å². The van der Waals surface area contributed by atoms with Crippen LogP contribution in [0.25, 0.3) is 0 Å². The summed E-state index contributed by atoms with van der Waals surface area (Å²) in [6, 6.07) is 14.8. The highest BCUT2D eigenvalue weighted by atomic mass is 35.5. The number of sulfone groups is 1. The van der Waals surface area contributed by atoms with Crippen molar-refractivity contribution in [3.63, 3.8) is 0 Å². The largest absolute Gasteiger partial charge is 0.312 e. The van der Waals surface area contributed by atoms with Gasteiger partial charge in [-0.2, -0.15) is 0 Å². The average Bonchev–Trinajstić information content (AvgIpc) is 3.35. The average molecular weight is 477 g/mol. The van der Waals surface area contributed by atoms with Crippen LogP contribution in [0, 0.1) is 0 Å². The molecule has 0 spiro atoms. The molecule has 0 radical (unpaired) electrons. The van der Waals surface area contributed by atoms with Crippen LogP contribution in [0.3, 0.4) is 0 Å². The summed E-state index contributed by atoms with van der Waals surface area (Å²) in [5, 5.41) is 11.9. The smallest absolute Gasteiger partial charge is 0.241 e. The fraction of sp³-hybridized carbons (Fsp3) is 0.200. The van der Waals surface area contributed by atoms with E-state index in [0.29, 0.717) is 16.6 Å². The van der Waals surface area contributed by atoms with Crippen LogP contribution in [0.1, 0.15) is 17.3 Å². The number of carbonyl (C=O) groups is 2.